The van der Waals surface area contributed by atoms with Crippen LogP contribution in [0, 0.1) is 5.92 Å². The number of hydrogen-bond donors (Lipinski definition) is 2. The van der Waals surface area contributed by atoms with Gasteiger partial charge in [0.15, 0.2) is 0 Å². The standard InChI is InChI=1S/C12H14BrNO4S/c13-9-2-1-3-10(7-9)19(17,18)14-11(12(15)16)6-8-4-5-8/h1-3,7-8,11,14H,4-6H2,(H,15,16)/t11-/m0/s1. The van der Waals surface area contributed by atoms with Crippen LogP contribution in [0.15, 0.2) is 33.6 Å². The molecule has 0 aliphatic heterocycles. The molecule has 0 aromatic heterocycles. The van der Waals surface area contributed by atoms with Gasteiger partial charge in [0.2, 0.25) is 10.0 Å². The van der Waals surface area contributed by atoms with Crippen molar-refractivity contribution >= 4 is 31.9 Å². The molecule has 104 valence electrons. The first-order valence-corrected chi connectivity index (χ1v) is 8.17. The second-order valence-electron chi connectivity index (χ2n) is 4.65. The van der Waals surface area contributed by atoms with Crippen LogP contribution in [0.1, 0.15) is 19.3 Å². The number of aliphatic carboxylic acids is 1. The monoisotopic (exact) mass is 347 g/mol. The molecule has 2 rings (SSSR count). The molecule has 1 fully saturated rings. The number of hydrogen-bond acceptors (Lipinski definition) is 3. The zero-order chi connectivity index (χ0) is 14.0. The normalized spacial score (nSPS) is 17.1. The third-order valence-corrected chi connectivity index (χ3v) is 4.93. The summed E-state index contributed by atoms with van der Waals surface area (Å²) in [5.74, 6) is -0.809. The molecule has 0 heterocycles. The van der Waals surface area contributed by atoms with E-state index in [0.29, 0.717) is 16.8 Å². The lowest BCUT2D eigenvalue weighted by molar-refractivity contribution is -0.139. The fourth-order valence-electron chi connectivity index (χ4n) is 1.78. The van der Waals surface area contributed by atoms with E-state index in [-0.39, 0.29) is 4.90 Å². The Bertz CT molecular complexity index is 583. The van der Waals surface area contributed by atoms with Crippen molar-refractivity contribution in [2.24, 2.45) is 5.92 Å². The van der Waals surface area contributed by atoms with Crippen molar-refractivity contribution in [1.82, 2.24) is 4.72 Å². The van der Waals surface area contributed by atoms with Gasteiger partial charge in [-0.2, -0.15) is 4.72 Å². The fraction of sp³-hybridized carbons (Fsp3) is 0.417. The summed E-state index contributed by atoms with van der Waals surface area (Å²) in [7, 11) is -3.81. The molecule has 1 aromatic carbocycles. The molecule has 1 aliphatic rings. The van der Waals surface area contributed by atoms with Crippen molar-refractivity contribution in [2.45, 2.75) is 30.2 Å². The highest BCUT2D eigenvalue weighted by molar-refractivity contribution is 9.10. The van der Waals surface area contributed by atoms with Crippen LogP contribution in [0.2, 0.25) is 0 Å². The highest BCUT2D eigenvalue weighted by Gasteiger charge is 2.32. The molecule has 0 bridgehead atoms. The molecule has 5 nitrogen and oxygen atoms in total. The summed E-state index contributed by atoms with van der Waals surface area (Å²) >= 11 is 3.19. The van der Waals surface area contributed by atoms with Gasteiger partial charge in [0.1, 0.15) is 6.04 Å². The zero-order valence-corrected chi connectivity index (χ0v) is 12.4. The van der Waals surface area contributed by atoms with Crippen molar-refractivity contribution in [2.75, 3.05) is 0 Å². The average Bonchev–Trinajstić information content (AvgIpc) is 3.12. The summed E-state index contributed by atoms with van der Waals surface area (Å²) in [6.45, 7) is 0. The number of halogens is 1. The molecule has 0 radical (unpaired) electrons. The Morgan fingerprint density at radius 3 is 2.68 bits per heavy atom. The van der Waals surface area contributed by atoms with Crippen LogP contribution in [0.3, 0.4) is 0 Å². The van der Waals surface area contributed by atoms with Crippen LogP contribution in [0.5, 0.6) is 0 Å². The predicted octanol–water partition coefficient (Wildman–Crippen LogP) is 1.98. The molecule has 19 heavy (non-hydrogen) atoms. The van der Waals surface area contributed by atoms with Gasteiger partial charge in [-0.1, -0.05) is 34.8 Å². The van der Waals surface area contributed by atoms with E-state index in [0.717, 1.165) is 12.8 Å². The van der Waals surface area contributed by atoms with Crippen LogP contribution in [0.4, 0.5) is 0 Å². The van der Waals surface area contributed by atoms with Crippen LogP contribution in [-0.4, -0.2) is 25.5 Å². The van der Waals surface area contributed by atoms with Crippen LogP contribution < -0.4 is 4.72 Å². The van der Waals surface area contributed by atoms with Crippen LogP contribution >= 0.6 is 15.9 Å². The number of carbonyl (C=O) groups is 1. The second-order valence-corrected chi connectivity index (χ2v) is 7.28. The van der Waals surface area contributed by atoms with Crippen molar-refractivity contribution in [3.05, 3.63) is 28.7 Å². The number of carboxylic acids is 1. The largest absolute Gasteiger partial charge is 0.480 e. The van der Waals surface area contributed by atoms with Crippen LogP contribution in [0.25, 0.3) is 0 Å². The van der Waals surface area contributed by atoms with Gasteiger partial charge in [-0.25, -0.2) is 8.42 Å². The molecule has 1 aliphatic carbocycles. The maximum Gasteiger partial charge on any atom is 0.321 e. The zero-order valence-electron chi connectivity index (χ0n) is 10.0. The summed E-state index contributed by atoms with van der Waals surface area (Å²) in [5, 5.41) is 9.08. The fourth-order valence-corrected chi connectivity index (χ4v) is 3.57. The van der Waals surface area contributed by atoms with Gasteiger partial charge in [0, 0.05) is 4.47 Å². The van der Waals surface area contributed by atoms with Gasteiger partial charge in [-0.3, -0.25) is 4.79 Å². The quantitative estimate of drug-likeness (QED) is 0.824. The van der Waals surface area contributed by atoms with Crippen LogP contribution in [-0.2, 0) is 14.8 Å². The van der Waals surface area contributed by atoms with E-state index in [2.05, 4.69) is 20.7 Å². The number of sulfonamides is 1. The van der Waals surface area contributed by atoms with Gasteiger partial charge in [-0.05, 0) is 30.5 Å². The lowest BCUT2D eigenvalue weighted by Gasteiger charge is -2.14. The first-order valence-electron chi connectivity index (χ1n) is 5.89. The predicted molar refractivity (Wildman–Crippen MR) is 73.2 cm³/mol. The molecule has 1 saturated carbocycles. The lowest BCUT2D eigenvalue weighted by Crippen LogP contribution is -2.41. The average molecular weight is 348 g/mol. The lowest BCUT2D eigenvalue weighted by atomic mass is 10.1. The molecule has 7 heteroatoms. The Kier molecular flexibility index (Phi) is 4.27. The van der Waals surface area contributed by atoms with E-state index in [1.54, 1.807) is 12.1 Å². The summed E-state index contributed by atoms with van der Waals surface area (Å²) < 4.78 is 27.1. The van der Waals surface area contributed by atoms with Gasteiger partial charge in [0.05, 0.1) is 4.90 Å². The minimum atomic E-state index is -3.81. The molecule has 0 unspecified atom stereocenters. The number of carboxylic acid groups (broad SMARTS) is 1. The number of nitrogens with one attached hydrogen (secondary N) is 1. The van der Waals surface area contributed by atoms with Gasteiger partial charge >= 0.3 is 5.97 Å². The first-order chi connectivity index (χ1) is 8.88. The molecular formula is C12H14BrNO4S. The van der Waals surface area contributed by atoms with E-state index in [1.807, 2.05) is 0 Å². The SMILES string of the molecule is O=C(O)[C@H](CC1CC1)NS(=O)(=O)c1cccc(Br)c1. The number of benzene rings is 1. The summed E-state index contributed by atoms with van der Waals surface area (Å²) in [6.07, 6.45) is 2.30. The third-order valence-electron chi connectivity index (χ3n) is 2.97. The Hall–Kier alpha value is -0.920. The summed E-state index contributed by atoms with van der Waals surface area (Å²) in [4.78, 5) is 11.2. The molecule has 0 saturated heterocycles. The molecular weight excluding hydrogens is 334 g/mol. The Morgan fingerprint density at radius 2 is 2.16 bits per heavy atom. The summed E-state index contributed by atoms with van der Waals surface area (Å²) in [5.41, 5.74) is 0. The Labute approximate surface area is 120 Å². The van der Waals surface area contributed by atoms with E-state index in [4.69, 9.17) is 5.11 Å². The van der Waals surface area contributed by atoms with Crippen molar-refractivity contribution in [3.63, 3.8) is 0 Å². The highest BCUT2D eigenvalue weighted by atomic mass is 79.9. The van der Waals surface area contributed by atoms with Crippen molar-refractivity contribution < 1.29 is 18.3 Å². The minimum Gasteiger partial charge on any atom is -0.480 e. The van der Waals surface area contributed by atoms with Crippen molar-refractivity contribution in [1.29, 1.82) is 0 Å². The molecule has 0 spiro atoms. The van der Waals surface area contributed by atoms with E-state index in [9.17, 15) is 13.2 Å². The molecule has 0 amide bonds. The van der Waals surface area contributed by atoms with Gasteiger partial charge in [0.25, 0.3) is 0 Å². The van der Waals surface area contributed by atoms with E-state index < -0.39 is 22.0 Å². The Morgan fingerprint density at radius 1 is 1.47 bits per heavy atom. The maximum atomic E-state index is 12.1. The maximum absolute atomic E-state index is 12.1. The smallest absolute Gasteiger partial charge is 0.321 e. The molecule has 1 aromatic rings. The van der Waals surface area contributed by atoms with Gasteiger partial charge in [-0.15, -0.1) is 0 Å². The molecule has 2 N–H and O–H groups in total. The van der Waals surface area contributed by atoms with E-state index in [1.165, 1.54) is 12.1 Å². The second kappa shape index (κ2) is 5.60. The molecule has 1 atom stereocenters. The number of rotatable bonds is 6. The first kappa shape index (κ1) is 14.5. The Balaban J connectivity index is 2.16. The minimum absolute atomic E-state index is 0.0592. The third kappa shape index (κ3) is 4.02. The van der Waals surface area contributed by atoms with Crippen molar-refractivity contribution in [3.8, 4) is 0 Å². The highest BCUT2D eigenvalue weighted by Crippen LogP contribution is 2.33. The topological polar surface area (TPSA) is 83.5 Å². The summed E-state index contributed by atoms with van der Waals surface area (Å²) in [6, 6.07) is 5.12. The van der Waals surface area contributed by atoms with Gasteiger partial charge < -0.3 is 5.11 Å². The van der Waals surface area contributed by atoms with E-state index >= 15 is 0 Å².